The number of carbonyl (C=O) groups is 3. The van der Waals surface area contributed by atoms with Gasteiger partial charge in [-0.25, -0.2) is 13.7 Å². The summed E-state index contributed by atoms with van der Waals surface area (Å²) in [6.45, 7) is -0.406. The van der Waals surface area contributed by atoms with Crippen LogP contribution in [0.4, 0.5) is 25.8 Å². The van der Waals surface area contributed by atoms with E-state index >= 15 is 0 Å². The van der Waals surface area contributed by atoms with E-state index in [-0.39, 0.29) is 11.4 Å². The van der Waals surface area contributed by atoms with Gasteiger partial charge in [0.1, 0.15) is 23.4 Å². The fourth-order valence-electron chi connectivity index (χ4n) is 5.14. The van der Waals surface area contributed by atoms with Gasteiger partial charge in [-0.3, -0.25) is 33.9 Å². The molecule has 1 aromatic heterocycles. The average Bonchev–Trinajstić information content (AvgIpc) is 3.41. The number of nitrogens with one attached hydrogen (secondary N) is 1. The minimum absolute atomic E-state index is 0.155. The highest BCUT2D eigenvalue weighted by molar-refractivity contribution is 8.00. The molecule has 42 heavy (non-hydrogen) atoms. The standard InChI is InChI=1S/C28H18F2N4O6S2/c29-15-3-1-14(2-4-15)21-22-23(26(37)33(25(22)36)18-9-11-19(12-10-18)34(39)40)41-27-24(21)42-28(38)32(27)13-20(35)31-17-7-5-16(30)6-8-17/h1-12,21-23H,13H2,(H,31,35)/t21-,22?,23?/m1/s1. The molecule has 0 radical (unpaired) electrons. The van der Waals surface area contributed by atoms with Crippen molar-refractivity contribution in [1.82, 2.24) is 4.57 Å². The molecule has 1 N–H and O–H groups in total. The van der Waals surface area contributed by atoms with Crippen molar-refractivity contribution in [2.75, 3.05) is 10.2 Å². The molecule has 1 fully saturated rings. The van der Waals surface area contributed by atoms with Crippen molar-refractivity contribution in [2.45, 2.75) is 22.7 Å². The van der Waals surface area contributed by atoms with Crippen molar-refractivity contribution in [3.05, 3.63) is 115 Å². The Morgan fingerprint density at radius 3 is 2.14 bits per heavy atom. The molecule has 10 nitrogen and oxygen atoms in total. The lowest BCUT2D eigenvalue weighted by Gasteiger charge is -2.30. The molecule has 3 atom stereocenters. The zero-order valence-electron chi connectivity index (χ0n) is 21.2. The van der Waals surface area contributed by atoms with Crippen molar-refractivity contribution in [3.63, 3.8) is 0 Å². The zero-order valence-corrected chi connectivity index (χ0v) is 22.9. The number of fused-ring (bicyclic) bond motifs is 2. The second-order valence-electron chi connectivity index (χ2n) is 9.56. The summed E-state index contributed by atoms with van der Waals surface area (Å²) < 4.78 is 28.3. The quantitative estimate of drug-likeness (QED) is 0.193. The first-order chi connectivity index (χ1) is 20.1. The second kappa shape index (κ2) is 10.6. The third kappa shape index (κ3) is 4.77. The lowest BCUT2D eigenvalue weighted by molar-refractivity contribution is -0.384. The van der Waals surface area contributed by atoms with Crippen LogP contribution >= 0.6 is 23.1 Å². The Balaban J connectivity index is 1.39. The Morgan fingerprint density at radius 1 is 0.905 bits per heavy atom. The zero-order chi connectivity index (χ0) is 29.7. The maximum absolute atomic E-state index is 13.8. The number of non-ortho nitro benzene ring substituents is 1. The number of benzene rings is 3. The second-order valence-corrected chi connectivity index (χ2v) is 11.7. The van der Waals surface area contributed by atoms with Crippen molar-refractivity contribution in [2.24, 2.45) is 5.92 Å². The molecule has 212 valence electrons. The van der Waals surface area contributed by atoms with E-state index in [1.807, 2.05) is 0 Å². The SMILES string of the molecule is O=C(Cn1c2c(sc1=O)[C@H](c1ccc(F)cc1)C1C(=O)N(c3ccc([N+](=O)[O-])cc3)C(=O)C1S2)Nc1ccc(F)cc1. The van der Waals surface area contributed by atoms with E-state index in [9.17, 15) is 38.1 Å². The van der Waals surface area contributed by atoms with Crippen LogP contribution in [-0.4, -0.2) is 32.5 Å². The number of carbonyl (C=O) groups excluding carboxylic acids is 3. The van der Waals surface area contributed by atoms with Crippen LogP contribution in [0, 0.1) is 27.7 Å². The molecule has 3 aromatic carbocycles. The maximum atomic E-state index is 13.8. The summed E-state index contributed by atoms with van der Waals surface area (Å²) in [7, 11) is 0. The van der Waals surface area contributed by atoms with Crippen LogP contribution in [0.5, 0.6) is 0 Å². The number of nitrogens with zero attached hydrogens (tertiary/aromatic N) is 3. The van der Waals surface area contributed by atoms with Gasteiger partial charge < -0.3 is 5.32 Å². The van der Waals surface area contributed by atoms with E-state index in [1.165, 1.54) is 77.4 Å². The number of imide groups is 1. The Labute approximate surface area is 243 Å². The summed E-state index contributed by atoms with van der Waals surface area (Å²) >= 11 is 1.83. The van der Waals surface area contributed by atoms with E-state index in [0.29, 0.717) is 21.2 Å². The van der Waals surface area contributed by atoms with Gasteiger partial charge in [0.15, 0.2) is 0 Å². The number of hydrogen-bond donors (Lipinski definition) is 1. The Morgan fingerprint density at radius 2 is 1.52 bits per heavy atom. The van der Waals surface area contributed by atoms with Gasteiger partial charge in [0.05, 0.1) is 21.6 Å². The number of nitro groups is 1. The predicted octanol–water partition coefficient (Wildman–Crippen LogP) is 4.53. The highest BCUT2D eigenvalue weighted by atomic mass is 32.2. The molecule has 2 aliphatic heterocycles. The lowest BCUT2D eigenvalue weighted by Crippen LogP contribution is -2.33. The minimum atomic E-state index is -0.990. The molecule has 6 rings (SSSR count). The predicted molar refractivity (Wildman–Crippen MR) is 151 cm³/mol. The van der Waals surface area contributed by atoms with E-state index in [2.05, 4.69) is 5.32 Å². The molecule has 0 aliphatic carbocycles. The molecule has 3 amide bonds. The number of amides is 3. The number of hydrogen-bond acceptors (Lipinski definition) is 8. The first-order valence-electron chi connectivity index (χ1n) is 12.5. The molecule has 14 heteroatoms. The number of anilines is 2. The summed E-state index contributed by atoms with van der Waals surface area (Å²) in [5.74, 6) is -4.46. The minimum Gasteiger partial charge on any atom is -0.325 e. The van der Waals surface area contributed by atoms with Crippen molar-refractivity contribution in [3.8, 4) is 0 Å². The highest BCUT2D eigenvalue weighted by Gasteiger charge is 2.56. The number of aromatic nitrogens is 1. The van der Waals surface area contributed by atoms with E-state index < -0.39 is 62.8 Å². The van der Waals surface area contributed by atoms with Gasteiger partial charge in [0, 0.05) is 28.6 Å². The molecule has 2 aliphatic rings. The van der Waals surface area contributed by atoms with Gasteiger partial charge in [-0.2, -0.15) is 0 Å². The third-order valence-electron chi connectivity index (χ3n) is 7.03. The summed E-state index contributed by atoms with van der Waals surface area (Å²) in [6, 6.07) is 15.5. The molecule has 2 unspecified atom stereocenters. The Kier molecular flexibility index (Phi) is 6.94. The molecule has 4 aromatic rings. The summed E-state index contributed by atoms with van der Waals surface area (Å²) in [4.78, 5) is 65.0. The summed E-state index contributed by atoms with van der Waals surface area (Å²) in [6.07, 6.45) is 0. The highest BCUT2D eigenvalue weighted by Crippen LogP contribution is 2.53. The fourth-order valence-corrected chi connectivity index (χ4v) is 7.91. The van der Waals surface area contributed by atoms with Crippen molar-refractivity contribution < 1.29 is 28.1 Å². The molecule has 3 heterocycles. The molecule has 0 spiro atoms. The molecule has 0 saturated carbocycles. The molecular formula is C28H18F2N4O6S2. The van der Waals surface area contributed by atoms with E-state index in [1.54, 1.807) is 0 Å². The maximum Gasteiger partial charge on any atom is 0.308 e. The average molecular weight is 609 g/mol. The van der Waals surface area contributed by atoms with Gasteiger partial charge in [-0.1, -0.05) is 35.2 Å². The van der Waals surface area contributed by atoms with Crippen LogP contribution in [0.15, 0.2) is 82.6 Å². The molecule has 1 saturated heterocycles. The Hall–Kier alpha value is -4.69. The van der Waals surface area contributed by atoms with Crippen molar-refractivity contribution >= 4 is 57.9 Å². The smallest absolute Gasteiger partial charge is 0.308 e. The van der Waals surface area contributed by atoms with Gasteiger partial charge in [0.2, 0.25) is 17.7 Å². The number of nitro benzene ring substituents is 1. The monoisotopic (exact) mass is 608 g/mol. The van der Waals surface area contributed by atoms with Crippen LogP contribution in [-0.2, 0) is 20.9 Å². The Bertz CT molecular complexity index is 1810. The van der Waals surface area contributed by atoms with Gasteiger partial charge in [0.25, 0.3) is 5.69 Å². The van der Waals surface area contributed by atoms with Gasteiger partial charge >= 0.3 is 4.87 Å². The summed E-state index contributed by atoms with van der Waals surface area (Å²) in [5.41, 5.74) is 0.774. The first-order valence-corrected chi connectivity index (χ1v) is 14.2. The lowest BCUT2D eigenvalue weighted by atomic mass is 9.83. The van der Waals surface area contributed by atoms with Crippen LogP contribution in [0.1, 0.15) is 16.4 Å². The number of thiazole rings is 1. The van der Waals surface area contributed by atoms with Gasteiger partial charge in [-0.15, -0.1) is 0 Å². The molecular weight excluding hydrogens is 590 g/mol. The van der Waals surface area contributed by atoms with E-state index in [0.717, 1.165) is 28.0 Å². The summed E-state index contributed by atoms with van der Waals surface area (Å²) in [5, 5.41) is 13.0. The first kappa shape index (κ1) is 27.5. The van der Waals surface area contributed by atoms with Crippen LogP contribution in [0.25, 0.3) is 0 Å². The van der Waals surface area contributed by atoms with Crippen LogP contribution in [0.2, 0.25) is 0 Å². The van der Waals surface area contributed by atoms with Gasteiger partial charge in [-0.05, 0) is 54.1 Å². The topological polar surface area (TPSA) is 132 Å². The largest absolute Gasteiger partial charge is 0.325 e. The fraction of sp³-hybridized carbons (Fsp3) is 0.143. The van der Waals surface area contributed by atoms with Crippen molar-refractivity contribution in [1.29, 1.82) is 0 Å². The van der Waals surface area contributed by atoms with Crippen LogP contribution < -0.4 is 15.1 Å². The van der Waals surface area contributed by atoms with E-state index in [4.69, 9.17) is 0 Å². The normalized spacial score (nSPS) is 19.4. The number of halogens is 2. The number of rotatable bonds is 6. The third-order valence-corrected chi connectivity index (χ3v) is 9.63. The molecule has 0 bridgehead atoms. The number of thioether (sulfide) groups is 1. The van der Waals surface area contributed by atoms with Crippen LogP contribution in [0.3, 0.4) is 0 Å².